The SMILES string of the molecule is CC1=C(C(=O)Nc2c(C)cc(C)cc2C)[C@@H](c2ccco2)C(C#N)=C(SCC(=O)c2ccc(C)cc2)N1. The van der Waals surface area contributed by atoms with Crippen molar-refractivity contribution in [3.05, 3.63) is 110 Å². The number of dihydropyridines is 1. The Bertz CT molecular complexity index is 1440. The number of aryl methyl sites for hydroxylation is 4. The Balaban J connectivity index is 1.66. The van der Waals surface area contributed by atoms with E-state index >= 15 is 0 Å². The van der Waals surface area contributed by atoms with Crippen molar-refractivity contribution in [2.45, 2.75) is 40.5 Å². The number of amides is 1. The van der Waals surface area contributed by atoms with Crippen molar-refractivity contribution in [1.29, 1.82) is 5.26 Å². The lowest BCUT2D eigenvalue weighted by atomic mass is 9.85. The van der Waals surface area contributed by atoms with Crippen LogP contribution in [0.2, 0.25) is 0 Å². The molecule has 0 unspecified atom stereocenters. The molecule has 1 aromatic heterocycles. The van der Waals surface area contributed by atoms with E-state index in [2.05, 4.69) is 16.7 Å². The summed E-state index contributed by atoms with van der Waals surface area (Å²) < 4.78 is 5.70. The highest BCUT2D eigenvalue weighted by molar-refractivity contribution is 8.03. The van der Waals surface area contributed by atoms with Gasteiger partial charge in [0.1, 0.15) is 5.76 Å². The summed E-state index contributed by atoms with van der Waals surface area (Å²) in [6.45, 7) is 9.71. The van der Waals surface area contributed by atoms with E-state index in [1.165, 1.54) is 18.0 Å². The maximum atomic E-state index is 13.7. The lowest BCUT2D eigenvalue weighted by Gasteiger charge is -2.28. The summed E-state index contributed by atoms with van der Waals surface area (Å²) in [5.41, 5.74) is 6.83. The summed E-state index contributed by atoms with van der Waals surface area (Å²) in [5.74, 6) is -0.416. The van der Waals surface area contributed by atoms with Crippen LogP contribution in [0.1, 0.15) is 51.2 Å². The molecule has 0 aliphatic carbocycles. The van der Waals surface area contributed by atoms with Crippen molar-refractivity contribution in [2.75, 3.05) is 11.1 Å². The minimum Gasteiger partial charge on any atom is -0.468 e. The molecule has 0 fully saturated rings. The number of nitrogens with zero attached hydrogens (tertiary/aromatic N) is 1. The van der Waals surface area contributed by atoms with Gasteiger partial charge in [0.25, 0.3) is 5.91 Å². The van der Waals surface area contributed by atoms with Crippen LogP contribution in [0.15, 0.2) is 81.1 Å². The first-order chi connectivity index (χ1) is 17.7. The van der Waals surface area contributed by atoms with Gasteiger partial charge in [-0.05, 0) is 57.9 Å². The summed E-state index contributed by atoms with van der Waals surface area (Å²) in [4.78, 5) is 26.5. The van der Waals surface area contributed by atoms with Crippen molar-refractivity contribution >= 4 is 29.1 Å². The number of rotatable bonds is 7. The molecule has 2 N–H and O–H groups in total. The van der Waals surface area contributed by atoms with Gasteiger partial charge >= 0.3 is 0 Å². The highest BCUT2D eigenvalue weighted by Gasteiger charge is 2.36. The fraction of sp³-hybridized carbons (Fsp3) is 0.233. The van der Waals surface area contributed by atoms with Crippen LogP contribution in [-0.2, 0) is 4.79 Å². The largest absolute Gasteiger partial charge is 0.468 e. The molecule has 1 amide bonds. The number of allylic oxidation sites excluding steroid dienone is 2. The number of thioether (sulfide) groups is 1. The van der Waals surface area contributed by atoms with Gasteiger partial charge in [0.15, 0.2) is 5.78 Å². The van der Waals surface area contributed by atoms with E-state index in [0.29, 0.717) is 33.2 Å². The molecule has 0 radical (unpaired) electrons. The molecule has 0 bridgehead atoms. The summed E-state index contributed by atoms with van der Waals surface area (Å²) >= 11 is 1.26. The first kappa shape index (κ1) is 26.1. The van der Waals surface area contributed by atoms with Gasteiger partial charge < -0.3 is 15.1 Å². The fourth-order valence-corrected chi connectivity index (χ4v) is 5.57. The Hall–Kier alpha value is -4.02. The molecular weight excluding hydrogens is 482 g/mol. The van der Waals surface area contributed by atoms with Gasteiger partial charge in [-0.3, -0.25) is 9.59 Å². The van der Waals surface area contributed by atoms with E-state index in [4.69, 9.17) is 4.42 Å². The molecule has 0 spiro atoms. The first-order valence-corrected chi connectivity index (χ1v) is 13.0. The molecule has 1 aliphatic rings. The smallest absolute Gasteiger partial charge is 0.254 e. The summed E-state index contributed by atoms with van der Waals surface area (Å²) in [5, 5.41) is 17.0. The number of carbonyl (C=O) groups is 2. The average molecular weight is 512 g/mol. The number of carbonyl (C=O) groups excluding carboxylic acids is 2. The van der Waals surface area contributed by atoms with Gasteiger partial charge in [0.2, 0.25) is 0 Å². The van der Waals surface area contributed by atoms with Crippen LogP contribution in [0.3, 0.4) is 0 Å². The first-order valence-electron chi connectivity index (χ1n) is 12.0. The Morgan fingerprint density at radius 1 is 1.03 bits per heavy atom. The number of anilines is 1. The van der Waals surface area contributed by atoms with Crippen LogP contribution in [0.25, 0.3) is 0 Å². The maximum Gasteiger partial charge on any atom is 0.254 e. The van der Waals surface area contributed by atoms with E-state index in [1.807, 2.05) is 52.0 Å². The van der Waals surface area contributed by atoms with Crippen LogP contribution < -0.4 is 10.6 Å². The fourth-order valence-electron chi connectivity index (χ4n) is 4.59. The monoisotopic (exact) mass is 511 g/mol. The third-order valence-electron chi connectivity index (χ3n) is 6.36. The van der Waals surface area contributed by atoms with Gasteiger partial charge in [-0.1, -0.05) is 59.3 Å². The topological polar surface area (TPSA) is 95.1 Å². The highest BCUT2D eigenvalue weighted by Crippen LogP contribution is 2.41. The molecule has 0 saturated carbocycles. The predicted molar refractivity (Wildman–Crippen MR) is 147 cm³/mol. The standard InChI is InChI=1S/C30H29N3O3S/c1-17-8-10-22(11-9-17)24(34)16-37-30-23(15-31)27(25-7-6-12-36-25)26(21(5)32-30)29(35)33-28-19(3)13-18(2)14-20(28)4/h6-14,27,32H,16H2,1-5H3,(H,33,35)/t27-/m1/s1. The van der Waals surface area contributed by atoms with E-state index in [-0.39, 0.29) is 17.4 Å². The molecular formula is C30H29N3O3S. The second-order valence-electron chi connectivity index (χ2n) is 9.27. The molecule has 37 heavy (non-hydrogen) atoms. The summed E-state index contributed by atoms with van der Waals surface area (Å²) in [7, 11) is 0. The number of hydrogen-bond acceptors (Lipinski definition) is 6. The quantitative estimate of drug-likeness (QED) is 0.353. The Kier molecular flexibility index (Phi) is 7.70. The van der Waals surface area contributed by atoms with Gasteiger partial charge in [-0.25, -0.2) is 0 Å². The van der Waals surface area contributed by atoms with Crippen LogP contribution in [0.4, 0.5) is 5.69 Å². The molecule has 3 aromatic rings. The summed E-state index contributed by atoms with van der Waals surface area (Å²) in [6, 6.07) is 17.2. The van der Waals surface area contributed by atoms with E-state index in [0.717, 1.165) is 27.9 Å². The molecule has 1 aliphatic heterocycles. The molecule has 0 saturated heterocycles. The molecule has 2 aromatic carbocycles. The van der Waals surface area contributed by atoms with Gasteiger partial charge in [0, 0.05) is 16.9 Å². The van der Waals surface area contributed by atoms with Crippen molar-refractivity contribution in [2.24, 2.45) is 0 Å². The zero-order valence-electron chi connectivity index (χ0n) is 21.6. The number of hydrogen-bond donors (Lipinski definition) is 2. The minimum absolute atomic E-state index is 0.0402. The van der Waals surface area contributed by atoms with E-state index in [9.17, 15) is 14.9 Å². The zero-order valence-corrected chi connectivity index (χ0v) is 22.4. The zero-order chi connectivity index (χ0) is 26.7. The lowest BCUT2D eigenvalue weighted by Crippen LogP contribution is -2.31. The van der Waals surface area contributed by atoms with Crippen LogP contribution in [-0.4, -0.2) is 17.4 Å². The van der Waals surface area contributed by atoms with Crippen LogP contribution in [0, 0.1) is 39.0 Å². The molecule has 4 rings (SSSR count). The van der Waals surface area contributed by atoms with Gasteiger partial charge in [0.05, 0.1) is 40.2 Å². The van der Waals surface area contributed by atoms with E-state index in [1.54, 1.807) is 31.2 Å². The van der Waals surface area contributed by atoms with E-state index < -0.39 is 5.92 Å². The van der Waals surface area contributed by atoms with Gasteiger partial charge in [-0.15, -0.1) is 0 Å². The second kappa shape index (κ2) is 10.9. The summed E-state index contributed by atoms with van der Waals surface area (Å²) in [6.07, 6.45) is 1.53. The molecule has 188 valence electrons. The lowest BCUT2D eigenvalue weighted by molar-refractivity contribution is -0.113. The number of furan rings is 1. The Morgan fingerprint density at radius 2 is 1.70 bits per heavy atom. The van der Waals surface area contributed by atoms with Crippen LogP contribution >= 0.6 is 11.8 Å². The minimum atomic E-state index is -0.704. The number of benzene rings is 2. The molecule has 7 heteroatoms. The molecule has 1 atom stereocenters. The number of nitriles is 1. The van der Waals surface area contributed by atoms with Gasteiger partial charge in [-0.2, -0.15) is 5.26 Å². The number of nitrogens with one attached hydrogen (secondary N) is 2. The number of Topliss-reactive ketones (excluding diaryl/α,β-unsaturated/α-hetero) is 1. The molecule has 6 nitrogen and oxygen atoms in total. The maximum absolute atomic E-state index is 13.7. The molecule has 2 heterocycles. The number of ketones is 1. The van der Waals surface area contributed by atoms with Crippen molar-refractivity contribution in [1.82, 2.24) is 5.32 Å². The third kappa shape index (κ3) is 5.55. The Labute approximate surface area is 221 Å². The highest BCUT2D eigenvalue weighted by atomic mass is 32.2. The third-order valence-corrected chi connectivity index (χ3v) is 7.37. The second-order valence-corrected chi connectivity index (χ2v) is 10.3. The van der Waals surface area contributed by atoms with Crippen molar-refractivity contribution < 1.29 is 14.0 Å². The van der Waals surface area contributed by atoms with Crippen LogP contribution in [0.5, 0.6) is 0 Å². The van der Waals surface area contributed by atoms with Crippen molar-refractivity contribution in [3.8, 4) is 6.07 Å². The Morgan fingerprint density at radius 3 is 2.30 bits per heavy atom. The average Bonchev–Trinajstić information content (AvgIpc) is 3.39. The normalized spacial score (nSPS) is 15.3. The predicted octanol–water partition coefficient (Wildman–Crippen LogP) is 6.46. The van der Waals surface area contributed by atoms with Crippen molar-refractivity contribution in [3.63, 3.8) is 0 Å².